The van der Waals surface area contributed by atoms with Gasteiger partial charge in [-0.15, -0.1) is 5.10 Å². The molecule has 3 heterocycles. The van der Waals surface area contributed by atoms with Gasteiger partial charge in [-0.25, -0.2) is 4.68 Å². The van der Waals surface area contributed by atoms with Crippen molar-refractivity contribution in [3.63, 3.8) is 0 Å². The summed E-state index contributed by atoms with van der Waals surface area (Å²) < 4.78 is 13.0. The van der Waals surface area contributed by atoms with Gasteiger partial charge in [-0.05, 0) is 36.6 Å². The summed E-state index contributed by atoms with van der Waals surface area (Å²) in [5.41, 5.74) is 4.44. The van der Waals surface area contributed by atoms with E-state index in [-0.39, 0.29) is 24.5 Å². The lowest BCUT2D eigenvalue weighted by molar-refractivity contribution is -0.132. The van der Waals surface area contributed by atoms with Gasteiger partial charge in [0.25, 0.3) is 5.91 Å². The van der Waals surface area contributed by atoms with Crippen molar-refractivity contribution < 1.29 is 19.1 Å². The topological polar surface area (TPSA) is 89.8 Å². The minimum atomic E-state index is -0.154. The maximum absolute atomic E-state index is 13.2. The van der Waals surface area contributed by atoms with E-state index in [4.69, 9.17) is 9.47 Å². The number of hydrogen-bond acceptors (Lipinski definition) is 6. The number of aryl methyl sites for hydroxylation is 2. The molecule has 0 unspecified atom stereocenters. The number of nitrogens with zero attached hydrogens (tertiary/aromatic N) is 5. The zero-order valence-corrected chi connectivity index (χ0v) is 20.7. The third-order valence-corrected chi connectivity index (χ3v) is 6.96. The predicted octanol–water partition coefficient (Wildman–Crippen LogP) is 2.78. The van der Waals surface area contributed by atoms with Gasteiger partial charge in [0.1, 0.15) is 11.9 Å². The lowest BCUT2D eigenvalue weighted by Gasteiger charge is -2.34. The predicted molar refractivity (Wildman–Crippen MR) is 133 cm³/mol. The highest BCUT2D eigenvalue weighted by atomic mass is 16.5. The van der Waals surface area contributed by atoms with Crippen molar-refractivity contribution in [2.45, 2.75) is 39.0 Å². The molecule has 2 aliphatic heterocycles. The average Bonchev–Trinajstić information content (AvgIpc) is 3.35. The minimum Gasteiger partial charge on any atom is -0.497 e. The molecule has 0 aliphatic carbocycles. The second-order valence-corrected chi connectivity index (χ2v) is 9.30. The van der Waals surface area contributed by atoms with Gasteiger partial charge in [0, 0.05) is 32.6 Å². The number of rotatable bonds is 6. The fourth-order valence-corrected chi connectivity index (χ4v) is 4.67. The summed E-state index contributed by atoms with van der Waals surface area (Å²) in [4.78, 5) is 29.5. The molecule has 0 N–H and O–H groups in total. The van der Waals surface area contributed by atoms with E-state index in [9.17, 15) is 9.59 Å². The lowest BCUT2D eigenvalue weighted by atomic mass is 10.1. The molecule has 0 bridgehead atoms. The molecule has 0 saturated carbocycles. The minimum absolute atomic E-state index is 0.106. The number of fused-ring (bicyclic) bond motifs is 1. The van der Waals surface area contributed by atoms with Crippen LogP contribution in [0.1, 0.15) is 45.4 Å². The molecular formula is C27H31N5O4. The summed E-state index contributed by atoms with van der Waals surface area (Å²) in [7, 11) is 1.64. The van der Waals surface area contributed by atoms with E-state index in [1.54, 1.807) is 16.7 Å². The van der Waals surface area contributed by atoms with Crippen LogP contribution in [0.4, 0.5) is 0 Å². The molecule has 188 valence electrons. The molecule has 1 saturated heterocycles. The SMILES string of the molecule is COc1ccc(CCC(=O)N2CCN(C(=O)c3nnn4c3CO[C@H](c3ccc(C)cc3)C4)CC2)cc1. The van der Waals surface area contributed by atoms with E-state index in [1.807, 2.05) is 29.2 Å². The number of amides is 2. The third kappa shape index (κ3) is 5.11. The number of aromatic nitrogens is 3. The van der Waals surface area contributed by atoms with Gasteiger partial charge in [0.2, 0.25) is 5.91 Å². The van der Waals surface area contributed by atoms with Crippen molar-refractivity contribution >= 4 is 11.8 Å². The Hall–Kier alpha value is -3.72. The molecule has 1 aromatic heterocycles. The summed E-state index contributed by atoms with van der Waals surface area (Å²) in [6, 6.07) is 16.0. The second-order valence-electron chi connectivity index (χ2n) is 9.30. The van der Waals surface area contributed by atoms with Gasteiger partial charge in [0.05, 0.1) is 26.0 Å². The summed E-state index contributed by atoms with van der Waals surface area (Å²) >= 11 is 0. The van der Waals surface area contributed by atoms with Gasteiger partial charge in [-0.3, -0.25) is 9.59 Å². The summed E-state index contributed by atoms with van der Waals surface area (Å²) in [5.74, 6) is 0.756. The fourth-order valence-electron chi connectivity index (χ4n) is 4.67. The number of carbonyl (C=O) groups is 2. The zero-order chi connectivity index (χ0) is 25.1. The molecule has 2 aliphatic rings. The molecule has 2 aromatic carbocycles. The Morgan fingerprint density at radius 2 is 1.69 bits per heavy atom. The van der Waals surface area contributed by atoms with E-state index in [1.165, 1.54) is 5.56 Å². The van der Waals surface area contributed by atoms with Crippen LogP contribution in [0, 0.1) is 6.92 Å². The first-order valence-corrected chi connectivity index (χ1v) is 12.3. The van der Waals surface area contributed by atoms with Crippen LogP contribution in [-0.2, 0) is 29.1 Å². The second kappa shape index (κ2) is 10.5. The van der Waals surface area contributed by atoms with Crippen molar-refractivity contribution in [1.82, 2.24) is 24.8 Å². The number of ether oxygens (including phenoxy) is 2. The molecule has 2 amide bonds. The van der Waals surface area contributed by atoms with Crippen molar-refractivity contribution in [3.8, 4) is 5.75 Å². The first kappa shape index (κ1) is 24.0. The standard InChI is InChI=1S/C27H31N5O4/c1-19-3-8-21(9-4-19)24-17-32-23(18-36-24)26(28-29-32)27(34)31-15-13-30(14-16-31)25(33)12-7-20-5-10-22(35-2)11-6-20/h3-6,8-11,24H,7,12-18H2,1-2H3/t24-/m0/s1. The highest BCUT2D eigenvalue weighted by molar-refractivity contribution is 5.93. The molecule has 5 rings (SSSR count). The number of benzene rings is 2. The Labute approximate surface area is 210 Å². The molecule has 0 radical (unpaired) electrons. The quantitative estimate of drug-likeness (QED) is 0.529. The van der Waals surface area contributed by atoms with E-state index in [2.05, 4.69) is 41.5 Å². The molecule has 9 heteroatoms. The summed E-state index contributed by atoms with van der Waals surface area (Å²) in [5, 5.41) is 8.44. The lowest BCUT2D eigenvalue weighted by Crippen LogP contribution is -2.50. The van der Waals surface area contributed by atoms with Gasteiger partial charge in [-0.1, -0.05) is 47.2 Å². The average molecular weight is 490 g/mol. The first-order chi connectivity index (χ1) is 17.5. The van der Waals surface area contributed by atoms with Gasteiger partial charge >= 0.3 is 0 Å². The highest BCUT2D eigenvalue weighted by Gasteiger charge is 2.32. The highest BCUT2D eigenvalue weighted by Crippen LogP contribution is 2.27. The van der Waals surface area contributed by atoms with Crippen LogP contribution in [0.25, 0.3) is 0 Å². The molecular weight excluding hydrogens is 458 g/mol. The first-order valence-electron chi connectivity index (χ1n) is 12.3. The van der Waals surface area contributed by atoms with Gasteiger partial charge < -0.3 is 19.3 Å². The van der Waals surface area contributed by atoms with E-state index < -0.39 is 0 Å². The van der Waals surface area contributed by atoms with Crippen LogP contribution in [0.5, 0.6) is 5.75 Å². The Morgan fingerprint density at radius 1 is 1.00 bits per heavy atom. The fraction of sp³-hybridized carbons (Fsp3) is 0.407. The molecule has 0 spiro atoms. The van der Waals surface area contributed by atoms with Crippen molar-refractivity contribution in [1.29, 1.82) is 0 Å². The molecule has 36 heavy (non-hydrogen) atoms. The van der Waals surface area contributed by atoms with Crippen LogP contribution >= 0.6 is 0 Å². The summed E-state index contributed by atoms with van der Waals surface area (Å²) in [6.07, 6.45) is 1.01. The maximum atomic E-state index is 13.2. The van der Waals surface area contributed by atoms with Crippen LogP contribution < -0.4 is 4.74 Å². The molecule has 9 nitrogen and oxygen atoms in total. The monoisotopic (exact) mass is 489 g/mol. The number of carbonyl (C=O) groups excluding carboxylic acids is 2. The van der Waals surface area contributed by atoms with Gasteiger partial charge in [0.15, 0.2) is 5.69 Å². The zero-order valence-electron chi connectivity index (χ0n) is 20.7. The Balaban J connectivity index is 1.14. The van der Waals surface area contributed by atoms with E-state index >= 15 is 0 Å². The van der Waals surface area contributed by atoms with Crippen LogP contribution in [0.2, 0.25) is 0 Å². The van der Waals surface area contributed by atoms with Crippen molar-refractivity contribution in [2.75, 3.05) is 33.3 Å². The third-order valence-electron chi connectivity index (χ3n) is 6.96. The molecule has 1 fully saturated rings. The molecule has 1 atom stereocenters. The van der Waals surface area contributed by atoms with Crippen LogP contribution in [-0.4, -0.2) is 69.9 Å². The van der Waals surface area contributed by atoms with Crippen molar-refractivity contribution in [3.05, 3.63) is 76.6 Å². The smallest absolute Gasteiger partial charge is 0.276 e. The Morgan fingerprint density at radius 3 is 2.39 bits per heavy atom. The number of piperazine rings is 1. The number of methoxy groups -OCH3 is 1. The van der Waals surface area contributed by atoms with Crippen molar-refractivity contribution in [2.24, 2.45) is 0 Å². The Bertz CT molecular complexity index is 1210. The van der Waals surface area contributed by atoms with Crippen LogP contribution in [0.15, 0.2) is 48.5 Å². The summed E-state index contributed by atoms with van der Waals surface area (Å²) in [6.45, 7) is 4.85. The van der Waals surface area contributed by atoms with E-state index in [0.717, 1.165) is 16.9 Å². The normalized spacial score (nSPS) is 17.6. The Kier molecular flexibility index (Phi) is 6.99. The van der Waals surface area contributed by atoms with E-state index in [0.29, 0.717) is 57.0 Å². The number of hydrogen-bond donors (Lipinski definition) is 0. The largest absolute Gasteiger partial charge is 0.497 e. The van der Waals surface area contributed by atoms with Crippen LogP contribution in [0.3, 0.4) is 0 Å². The maximum Gasteiger partial charge on any atom is 0.276 e. The molecule has 3 aromatic rings. The van der Waals surface area contributed by atoms with Gasteiger partial charge in [-0.2, -0.15) is 0 Å².